The zero-order chi connectivity index (χ0) is 15.4. The number of piperidine rings is 1. The van der Waals surface area contributed by atoms with Crippen molar-refractivity contribution in [2.75, 3.05) is 23.3 Å². The lowest BCUT2D eigenvalue weighted by atomic mass is 10.0. The first kappa shape index (κ1) is 14.3. The summed E-state index contributed by atoms with van der Waals surface area (Å²) in [5.74, 6) is 0.407. The molecule has 5 heteroatoms. The quantitative estimate of drug-likeness (QED) is 0.945. The Labute approximate surface area is 129 Å². The smallest absolute Gasteiger partial charge is 0.146 e. The van der Waals surface area contributed by atoms with E-state index in [1.165, 1.54) is 6.07 Å². The van der Waals surface area contributed by atoms with Gasteiger partial charge in [-0.05, 0) is 37.1 Å². The van der Waals surface area contributed by atoms with E-state index in [9.17, 15) is 4.39 Å². The van der Waals surface area contributed by atoms with E-state index in [4.69, 9.17) is 5.26 Å². The summed E-state index contributed by atoms with van der Waals surface area (Å²) in [5, 5.41) is 12.4. The second-order valence-corrected chi connectivity index (χ2v) is 5.39. The number of anilines is 2. The molecule has 2 aromatic rings. The van der Waals surface area contributed by atoms with Crippen molar-refractivity contribution in [3.05, 3.63) is 54.0 Å². The Morgan fingerprint density at radius 3 is 2.95 bits per heavy atom. The van der Waals surface area contributed by atoms with Gasteiger partial charge in [0.25, 0.3) is 0 Å². The molecule has 2 heterocycles. The second-order valence-electron chi connectivity index (χ2n) is 5.39. The van der Waals surface area contributed by atoms with E-state index in [1.807, 2.05) is 11.0 Å². The molecule has 0 aliphatic carbocycles. The number of hydrogen-bond acceptors (Lipinski definition) is 4. The Morgan fingerprint density at radius 2 is 2.14 bits per heavy atom. The van der Waals surface area contributed by atoms with Crippen LogP contribution in [0.5, 0.6) is 0 Å². The molecular formula is C17H17FN4. The maximum absolute atomic E-state index is 13.9. The van der Waals surface area contributed by atoms with E-state index in [0.29, 0.717) is 23.6 Å². The lowest BCUT2D eigenvalue weighted by Gasteiger charge is -2.35. The summed E-state index contributed by atoms with van der Waals surface area (Å²) >= 11 is 0. The monoisotopic (exact) mass is 296 g/mol. The molecule has 0 radical (unpaired) electrons. The molecule has 4 nitrogen and oxygen atoms in total. The standard InChI is InChI=1S/C17H17FN4/c18-15-7-1-2-8-16(15)22-10-4-6-14(12-22)21-17-13(11-19)5-3-9-20-17/h1-3,5,7-9,14H,4,6,10,12H2,(H,20,21). The Kier molecular flexibility index (Phi) is 4.19. The van der Waals surface area contributed by atoms with Crippen LogP contribution in [-0.2, 0) is 0 Å². The van der Waals surface area contributed by atoms with E-state index >= 15 is 0 Å². The molecule has 112 valence electrons. The molecule has 1 atom stereocenters. The van der Waals surface area contributed by atoms with Crippen molar-refractivity contribution in [3.8, 4) is 6.07 Å². The molecule has 1 fully saturated rings. The fourth-order valence-electron chi connectivity index (χ4n) is 2.83. The van der Waals surface area contributed by atoms with E-state index in [2.05, 4.69) is 16.4 Å². The molecule has 0 saturated carbocycles. The van der Waals surface area contributed by atoms with E-state index in [0.717, 1.165) is 19.4 Å². The molecule has 0 bridgehead atoms. The summed E-state index contributed by atoms with van der Waals surface area (Å²) < 4.78 is 13.9. The van der Waals surface area contributed by atoms with Crippen LogP contribution in [0, 0.1) is 17.1 Å². The molecule has 0 amide bonds. The number of pyridine rings is 1. The van der Waals surface area contributed by atoms with Crippen LogP contribution in [0.1, 0.15) is 18.4 Å². The van der Waals surface area contributed by atoms with Crippen LogP contribution < -0.4 is 10.2 Å². The zero-order valence-corrected chi connectivity index (χ0v) is 12.2. The first-order valence-electron chi connectivity index (χ1n) is 7.39. The largest absolute Gasteiger partial charge is 0.367 e. The van der Waals surface area contributed by atoms with Gasteiger partial charge >= 0.3 is 0 Å². The lowest BCUT2D eigenvalue weighted by Crippen LogP contribution is -2.42. The zero-order valence-electron chi connectivity index (χ0n) is 12.2. The van der Waals surface area contributed by atoms with Crippen LogP contribution in [0.2, 0.25) is 0 Å². The fourth-order valence-corrected chi connectivity index (χ4v) is 2.83. The van der Waals surface area contributed by atoms with Crippen LogP contribution in [0.25, 0.3) is 0 Å². The third kappa shape index (κ3) is 3.01. The number of halogens is 1. The van der Waals surface area contributed by atoms with Crippen LogP contribution >= 0.6 is 0 Å². The summed E-state index contributed by atoms with van der Waals surface area (Å²) in [6.07, 6.45) is 3.62. The number of para-hydroxylation sites is 1. The lowest BCUT2D eigenvalue weighted by molar-refractivity contribution is 0.518. The summed E-state index contributed by atoms with van der Waals surface area (Å²) in [6, 6.07) is 12.6. The minimum atomic E-state index is -0.196. The van der Waals surface area contributed by atoms with E-state index in [1.54, 1.807) is 30.5 Å². The highest BCUT2D eigenvalue weighted by Crippen LogP contribution is 2.24. The van der Waals surface area contributed by atoms with Crippen LogP contribution in [0.3, 0.4) is 0 Å². The number of nitrogens with one attached hydrogen (secondary N) is 1. The Hall–Kier alpha value is -2.61. The van der Waals surface area contributed by atoms with E-state index in [-0.39, 0.29) is 11.9 Å². The Balaban J connectivity index is 1.74. The number of hydrogen-bond donors (Lipinski definition) is 1. The summed E-state index contributed by atoms with van der Waals surface area (Å²) in [4.78, 5) is 6.28. The van der Waals surface area contributed by atoms with Gasteiger partial charge in [0.1, 0.15) is 17.7 Å². The maximum atomic E-state index is 13.9. The van der Waals surface area contributed by atoms with Crippen molar-refractivity contribution >= 4 is 11.5 Å². The molecule has 1 aromatic heterocycles. The van der Waals surface area contributed by atoms with Crippen molar-refractivity contribution in [2.45, 2.75) is 18.9 Å². The molecular weight excluding hydrogens is 279 g/mol. The first-order chi connectivity index (χ1) is 10.8. The highest BCUT2D eigenvalue weighted by atomic mass is 19.1. The van der Waals surface area contributed by atoms with Gasteiger partial charge in [0.15, 0.2) is 0 Å². The summed E-state index contributed by atoms with van der Waals surface area (Å²) in [7, 11) is 0. The van der Waals surface area contributed by atoms with E-state index < -0.39 is 0 Å². The highest BCUT2D eigenvalue weighted by Gasteiger charge is 2.22. The van der Waals surface area contributed by atoms with Gasteiger partial charge in [-0.1, -0.05) is 12.1 Å². The topological polar surface area (TPSA) is 52.0 Å². The molecule has 0 spiro atoms. The van der Waals surface area contributed by atoms with Gasteiger partial charge in [0, 0.05) is 25.3 Å². The Bertz CT molecular complexity index is 695. The molecule has 1 aromatic carbocycles. The summed E-state index contributed by atoms with van der Waals surface area (Å²) in [6.45, 7) is 1.54. The third-order valence-corrected chi connectivity index (χ3v) is 3.88. The predicted octanol–water partition coefficient (Wildman–Crippen LogP) is 3.17. The molecule has 1 aliphatic heterocycles. The maximum Gasteiger partial charge on any atom is 0.146 e. The number of benzene rings is 1. The number of nitriles is 1. The highest BCUT2D eigenvalue weighted by molar-refractivity contribution is 5.53. The second kappa shape index (κ2) is 6.44. The van der Waals surface area contributed by atoms with Gasteiger partial charge in [-0.3, -0.25) is 0 Å². The van der Waals surface area contributed by atoms with Crippen LogP contribution in [0.15, 0.2) is 42.6 Å². The summed E-state index contributed by atoms with van der Waals surface area (Å²) in [5.41, 5.74) is 1.17. The van der Waals surface area contributed by atoms with Gasteiger partial charge in [-0.25, -0.2) is 9.37 Å². The van der Waals surface area contributed by atoms with Gasteiger partial charge < -0.3 is 10.2 Å². The molecule has 22 heavy (non-hydrogen) atoms. The van der Waals surface area contributed by atoms with Crippen molar-refractivity contribution in [1.82, 2.24) is 4.98 Å². The average molecular weight is 296 g/mol. The van der Waals surface area contributed by atoms with Gasteiger partial charge in [0.05, 0.1) is 11.3 Å². The van der Waals surface area contributed by atoms with Gasteiger partial charge in [0.2, 0.25) is 0 Å². The number of rotatable bonds is 3. The SMILES string of the molecule is N#Cc1cccnc1NC1CCCN(c2ccccc2F)C1. The third-order valence-electron chi connectivity index (χ3n) is 3.88. The average Bonchev–Trinajstić information content (AvgIpc) is 2.56. The van der Waals surface area contributed by atoms with Crippen molar-refractivity contribution < 1.29 is 4.39 Å². The van der Waals surface area contributed by atoms with Crippen LogP contribution in [0.4, 0.5) is 15.9 Å². The van der Waals surface area contributed by atoms with Crippen molar-refractivity contribution in [1.29, 1.82) is 5.26 Å². The fraction of sp³-hybridized carbons (Fsp3) is 0.294. The molecule has 1 saturated heterocycles. The minimum Gasteiger partial charge on any atom is -0.367 e. The van der Waals surface area contributed by atoms with Crippen molar-refractivity contribution in [3.63, 3.8) is 0 Å². The molecule has 1 unspecified atom stereocenters. The first-order valence-corrected chi connectivity index (χ1v) is 7.39. The van der Waals surface area contributed by atoms with Crippen LogP contribution in [-0.4, -0.2) is 24.1 Å². The number of aromatic nitrogens is 1. The van der Waals surface area contributed by atoms with Crippen molar-refractivity contribution in [2.24, 2.45) is 0 Å². The number of nitrogens with zero attached hydrogens (tertiary/aromatic N) is 3. The molecule has 3 rings (SSSR count). The predicted molar refractivity (Wildman–Crippen MR) is 84.2 cm³/mol. The van der Waals surface area contributed by atoms with Gasteiger partial charge in [-0.2, -0.15) is 5.26 Å². The van der Waals surface area contributed by atoms with Gasteiger partial charge in [-0.15, -0.1) is 0 Å². The molecule has 1 aliphatic rings. The Morgan fingerprint density at radius 1 is 1.27 bits per heavy atom. The normalized spacial score (nSPS) is 17.8. The molecule has 1 N–H and O–H groups in total. The minimum absolute atomic E-state index is 0.148.